The van der Waals surface area contributed by atoms with E-state index in [4.69, 9.17) is 11.6 Å². The Morgan fingerprint density at radius 3 is 2.72 bits per heavy atom. The minimum absolute atomic E-state index is 0.194. The first-order valence-electron chi connectivity index (χ1n) is 6.80. The van der Waals surface area contributed by atoms with Crippen molar-refractivity contribution in [1.82, 2.24) is 4.90 Å². The zero-order valence-electron chi connectivity index (χ0n) is 11.0. The third-order valence-electron chi connectivity index (χ3n) is 3.89. The largest absolute Gasteiger partial charge is 0.391 e. The zero-order valence-corrected chi connectivity index (χ0v) is 11.7. The number of benzene rings is 1. The van der Waals surface area contributed by atoms with Crippen LogP contribution in [-0.2, 0) is 6.54 Å². The lowest BCUT2D eigenvalue weighted by molar-refractivity contribution is 0.0544. The maximum atomic E-state index is 10.2. The molecule has 0 spiro atoms. The smallest absolute Gasteiger partial charge is 0.0695 e. The van der Waals surface area contributed by atoms with Gasteiger partial charge in [-0.05, 0) is 31.5 Å². The number of hydrogen-bond donors (Lipinski definition) is 1. The van der Waals surface area contributed by atoms with E-state index in [2.05, 4.69) is 18.0 Å². The molecule has 100 valence electrons. The van der Waals surface area contributed by atoms with Gasteiger partial charge in [-0.25, -0.2) is 0 Å². The Labute approximate surface area is 115 Å². The first-order valence-corrected chi connectivity index (χ1v) is 7.18. The molecule has 1 fully saturated rings. The Morgan fingerprint density at radius 1 is 1.22 bits per heavy atom. The Morgan fingerprint density at radius 2 is 1.94 bits per heavy atom. The fourth-order valence-electron chi connectivity index (χ4n) is 2.80. The van der Waals surface area contributed by atoms with Crippen LogP contribution in [0.1, 0.15) is 37.7 Å². The summed E-state index contributed by atoms with van der Waals surface area (Å²) in [4.78, 5) is 2.25. The number of nitrogens with zero attached hydrogens (tertiary/aromatic N) is 1. The van der Waals surface area contributed by atoms with Gasteiger partial charge in [0.1, 0.15) is 0 Å². The quantitative estimate of drug-likeness (QED) is 0.848. The average molecular weight is 268 g/mol. The highest BCUT2D eigenvalue weighted by atomic mass is 35.5. The van der Waals surface area contributed by atoms with Crippen molar-refractivity contribution in [3.05, 3.63) is 34.9 Å². The van der Waals surface area contributed by atoms with E-state index in [0.29, 0.717) is 0 Å². The van der Waals surface area contributed by atoms with Gasteiger partial charge in [0.25, 0.3) is 0 Å². The maximum Gasteiger partial charge on any atom is 0.0695 e. The predicted octanol–water partition coefficient (Wildman–Crippen LogP) is 3.47. The number of rotatable bonds is 3. The third kappa shape index (κ3) is 3.47. The van der Waals surface area contributed by atoms with E-state index in [9.17, 15) is 5.11 Å². The molecule has 2 unspecified atom stereocenters. The molecule has 2 rings (SSSR count). The number of aliphatic hydroxyl groups is 1. The molecular formula is C15H22ClNO. The monoisotopic (exact) mass is 267 g/mol. The molecule has 18 heavy (non-hydrogen) atoms. The molecule has 0 bridgehead atoms. The van der Waals surface area contributed by atoms with E-state index in [1.54, 1.807) is 0 Å². The predicted molar refractivity (Wildman–Crippen MR) is 75.8 cm³/mol. The molecule has 0 radical (unpaired) electrons. The molecule has 1 aromatic rings. The summed E-state index contributed by atoms with van der Waals surface area (Å²) in [7, 11) is 2.09. The molecule has 0 saturated heterocycles. The Kier molecular flexibility index (Phi) is 5.04. The van der Waals surface area contributed by atoms with Crippen molar-refractivity contribution in [2.45, 2.75) is 50.8 Å². The van der Waals surface area contributed by atoms with E-state index in [-0.39, 0.29) is 12.1 Å². The molecule has 1 aliphatic rings. The summed E-state index contributed by atoms with van der Waals surface area (Å²) < 4.78 is 0. The van der Waals surface area contributed by atoms with Crippen LogP contribution < -0.4 is 0 Å². The fourth-order valence-corrected chi connectivity index (χ4v) is 2.99. The summed E-state index contributed by atoms with van der Waals surface area (Å²) in [6.07, 6.45) is 5.43. The van der Waals surface area contributed by atoms with Crippen LogP contribution in [0, 0.1) is 0 Å². The fraction of sp³-hybridized carbons (Fsp3) is 0.600. The van der Waals surface area contributed by atoms with Crippen LogP contribution in [0.4, 0.5) is 0 Å². The molecule has 2 atom stereocenters. The van der Waals surface area contributed by atoms with Crippen molar-refractivity contribution in [3.8, 4) is 0 Å². The lowest BCUT2D eigenvalue weighted by Gasteiger charge is -2.31. The van der Waals surface area contributed by atoms with Gasteiger partial charge in [0.15, 0.2) is 0 Å². The minimum atomic E-state index is -0.194. The highest BCUT2D eigenvalue weighted by Crippen LogP contribution is 2.24. The molecular weight excluding hydrogens is 246 g/mol. The van der Waals surface area contributed by atoms with Gasteiger partial charge < -0.3 is 5.11 Å². The standard InChI is InChI=1S/C15H22ClNO/c1-17(11-12-7-5-6-8-13(12)16)14-9-3-2-4-10-15(14)18/h5-8,14-15,18H,2-4,9-11H2,1H3. The summed E-state index contributed by atoms with van der Waals surface area (Å²) in [6.45, 7) is 0.807. The van der Waals surface area contributed by atoms with Crippen molar-refractivity contribution < 1.29 is 5.11 Å². The summed E-state index contributed by atoms with van der Waals surface area (Å²) in [5.74, 6) is 0. The second-order valence-corrected chi connectivity index (χ2v) is 5.69. The topological polar surface area (TPSA) is 23.5 Å². The molecule has 0 amide bonds. The zero-order chi connectivity index (χ0) is 13.0. The first-order chi connectivity index (χ1) is 8.68. The molecule has 1 saturated carbocycles. The highest BCUT2D eigenvalue weighted by Gasteiger charge is 2.25. The van der Waals surface area contributed by atoms with Crippen molar-refractivity contribution in [2.24, 2.45) is 0 Å². The van der Waals surface area contributed by atoms with Gasteiger partial charge in [0.05, 0.1) is 6.10 Å². The Balaban J connectivity index is 2.02. The van der Waals surface area contributed by atoms with Crippen molar-refractivity contribution in [3.63, 3.8) is 0 Å². The molecule has 1 aromatic carbocycles. The van der Waals surface area contributed by atoms with Gasteiger partial charge in [0.2, 0.25) is 0 Å². The van der Waals surface area contributed by atoms with E-state index in [1.807, 2.05) is 18.2 Å². The van der Waals surface area contributed by atoms with Gasteiger partial charge in [-0.15, -0.1) is 0 Å². The number of hydrogen-bond acceptors (Lipinski definition) is 2. The lowest BCUT2D eigenvalue weighted by Crippen LogP contribution is -2.40. The van der Waals surface area contributed by atoms with Crippen LogP contribution in [0.15, 0.2) is 24.3 Å². The summed E-state index contributed by atoms with van der Waals surface area (Å²) in [5.41, 5.74) is 1.14. The lowest BCUT2D eigenvalue weighted by atomic mass is 10.0. The number of likely N-dealkylation sites (N-methyl/N-ethyl adjacent to an activating group) is 1. The van der Waals surface area contributed by atoms with E-state index in [0.717, 1.165) is 36.4 Å². The van der Waals surface area contributed by atoms with Gasteiger partial charge >= 0.3 is 0 Å². The Hall–Kier alpha value is -0.570. The summed E-state index contributed by atoms with van der Waals surface area (Å²) in [5, 5.41) is 11.0. The van der Waals surface area contributed by atoms with Crippen molar-refractivity contribution in [1.29, 1.82) is 0 Å². The molecule has 0 aliphatic heterocycles. The molecule has 0 aromatic heterocycles. The van der Waals surface area contributed by atoms with Crippen LogP contribution in [0.25, 0.3) is 0 Å². The van der Waals surface area contributed by atoms with Gasteiger partial charge in [-0.3, -0.25) is 4.90 Å². The molecule has 3 heteroatoms. The molecule has 0 heterocycles. The van der Waals surface area contributed by atoms with Crippen molar-refractivity contribution >= 4 is 11.6 Å². The summed E-state index contributed by atoms with van der Waals surface area (Å²) >= 11 is 6.19. The van der Waals surface area contributed by atoms with Crippen LogP contribution in [-0.4, -0.2) is 29.2 Å². The average Bonchev–Trinajstić information content (AvgIpc) is 2.57. The SMILES string of the molecule is CN(Cc1ccccc1Cl)C1CCCCCC1O. The second-order valence-electron chi connectivity index (χ2n) is 5.28. The van der Waals surface area contributed by atoms with Crippen molar-refractivity contribution in [2.75, 3.05) is 7.05 Å². The molecule has 1 N–H and O–H groups in total. The van der Waals surface area contributed by atoms with Crippen LogP contribution in [0.5, 0.6) is 0 Å². The number of halogens is 1. The maximum absolute atomic E-state index is 10.2. The van der Waals surface area contributed by atoms with Crippen LogP contribution >= 0.6 is 11.6 Å². The first kappa shape index (κ1) is 13.9. The normalized spacial score (nSPS) is 25.1. The van der Waals surface area contributed by atoms with E-state index >= 15 is 0 Å². The van der Waals surface area contributed by atoms with E-state index < -0.39 is 0 Å². The second kappa shape index (κ2) is 6.55. The Bertz CT molecular complexity index is 383. The molecule has 2 nitrogen and oxygen atoms in total. The van der Waals surface area contributed by atoms with Gasteiger partial charge in [0, 0.05) is 17.6 Å². The van der Waals surface area contributed by atoms with Crippen LogP contribution in [0.3, 0.4) is 0 Å². The van der Waals surface area contributed by atoms with Gasteiger partial charge in [-0.2, -0.15) is 0 Å². The van der Waals surface area contributed by atoms with E-state index in [1.165, 1.54) is 12.8 Å². The minimum Gasteiger partial charge on any atom is -0.391 e. The number of aliphatic hydroxyl groups excluding tert-OH is 1. The highest BCUT2D eigenvalue weighted by molar-refractivity contribution is 6.31. The third-order valence-corrected chi connectivity index (χ3v) is 4.26. The van der Waals surface area contributed by atoms with Crippen LogP contribution in [0.2, 0.25) is 5.02 Å². The molecule has 1 aliphatic carbocycles. The summed E-state index contributed by atoms with van der Waals surface area (Å²) in [6, 6.07) is 8.21. The van der Waals surface area contributed by atoms with Gasteiger partial charge in [-0.1, -0.05) is 49.1 Å².